The summed E-state index contributed by atoms with van der Waals surface area (Å²) in [5, 5.41) is 0. The van der Waals surface area contributed by atoms with Crippen molar-refractivity contribution in [3.63, 3.8) is 0 Å². The molecule has 0 bridgehead atoms. The van der Waals surface area contributed by atoms with E-state index in [0.717, 1.165) is 6.42 Å². The van der Waals surface area contributed by atoms with Crippen LogP contribution in [0.15, 0.2) is 4.99 Å². The second kappa shape index (κ2) is 9.32. The van der Waals surface area contributed by atoms with Crippen molar-refractivity contribution < 1.29 is 9.53 Å². The number of esters is 1. The van der Waals surface area contributed by atoms with Gasteiger partial charge in [-0.15, -0.1) is 12.4 Å². The Morgan fingerprint density at radius 2 is 2.08 bits per heavy atom. The third kappa shape index (κ3) is 9.14. The Morgan fingerprint density at radius 3 is 2.54 bits per heavy atom. The number of carbonyl (C=O) groups is 1. The quantitative estimate of drug-likeness (QED) is 0.419. The maximum Gasteiger partial charge on any atom is 0.313 e. The number of ether oxygens (including phenoxy) is 1. The van der Waals surface area contributed by atoms with Crippen molar-refractivity contribution in [2.45, 2.75) is 26.7 Å². The molecule has 0 amide bonds. The van der Waals surface area contributed by atoms with Gasteiger partial charge >= 0.3 is 5.97 Å². The molecule has 0 radical (unpaired) electrons. The number of carbonyl (C=O) groups excluding carboxylic acids is 1. The smallest absolute Gasteiger partial charge is 0.313 e. The number of hydrogen-bond acceptors (Lipinski definition) is 3. The Bertz CT molecular complexity index is 172. The first kappa shape index (κ1) is 14.7. The van der Waals surface area contributed by atoms with Gasteiger partial charge < -0.3 is 10.5 Å². The van der Waals surface area contributed by atoms with Crippen LogP contribution in [0.2, 0.25) is 0 Å². The second-order valence-electron chi connectivity index (χ2n) is 2.36. The zero-order valence-corrected chi connectivity index (χ0v) is 8.89. The van der Waals surface area contributed by atoms with Gasteiger partial charge in [0.1, 0.15) is 12.3 Å². The molecular weight excluding hydrogens is 192 g/mol. The summed E-state index contributed by atoms with van der Waals surface area (Å²) in [4.78, 5) is 14.8. The number of amidine groups is 1. The molecule has 0 unspecified atom stereocenters. The average Bonchev–Trinajstić information content (AvgIpc) is 2.01. The van der Waals surface area contributed by atoms with Crippen LogP contribution in [0.5, 0.6) is 0 Å². The van der Waals surface area contributed by atoms with E-state index in [1.165, 1.54) is 0 Å². The van der Waals surface area contributed by atoms with Gasteiger partial charge in [-0.25, -0.2) is 0 Å². The summed E-state index contributed by atoms with van der Waals surface area (Å²) in [6.45, 7) is 4.87. The van der Waals surface area contributed by atoms with Gasteiger partial charge in [0, 0.05) is 6.54 Å². The van der Waals surface area contributed by atoms with E-state index >= 15 is 0 Å². The summed E-state index contributed by atoms with van der Waals surface area (Å²) in [5.74, 6) is 0.0464. The zero-order valence-electron chi connectivity index (χ0n) is 8.08. The van der Waals surface area contributed by atoms with E-state index in [9.17, 15) is 4.79 Å². The summed E-state index contributed by atoms with van der Waals surface area (Å²) in [5.41, 5.74) is 5.41. The van der Waals surface area contributed by atoms with E-state index in [-0.39, 0.29) is 24.8 Å². The largest absolute Gasteiger partial charge is 0.465 e. The minimum absolute atomic E-state index is 0. The number of nitrogens with two attached hydrogens (primary N) is 1. The molecule has 0 rings (SSSR count). The molecule has 0 aliphatic rings. The highest BCUT2D eigenvalue weighted by Gasteiger charge is 2.03. The Kier molecular flexibility index (Phi) is 10.6. The molecule has 0 atom stereocenters. The lowest BCUT2D eigenvalue weighted by Gasteiger charge is -2.01. The fraction of sp³-hybridized carbons (Fsp3) is 0.750. The van der Waals surface area contributed by atoms with Crippen molar-refractivity contribution in [2.75, 3.05) is 13.2 Å². The highest BCUT2D eigenvalue weighted by Crippen LogP contribution is 1.88. The molecule has 0 saturated carbocycles. The summed E-state index contributed by atoms with van der Waals surface area (Å²) in [7, 11) is 0. The molecular formula is C8H17ClN2O2. The van der Waals surface area contributed by atoms with E-state index in [1.54, 1.807) is 0 Å². The van der Waals surface area contributed by atoms with Gasteiger partial charge in [0.2, 0.25) is 0 Å². The van der Waals surface area contributed by atoms with Crippen LogP contribution in [-0.4, -0.2) is 25.0 Å². The van der Waals surface area contributed by atoms with E-state index in [4.69, 9.17) is 10.5 Å². The lowest BCUT2D eigenvalue weighted by Crippen LogP contribution is -2.19. The predicted molar refractivity (Wildman–Crippen MR) is 55.3 cm³/mol. The number of hydrogen-bond donors (Lipinski definition) is 1. The summed E-state index contributed by atoms with van der Waals surface area (Å²) < 4.78 is 4.81. The van der Waals surface area contributed by atoms with Crippen molar-refractivity contribution in [2.24, 2.45) is 10.7 Å². The van der Waals surface area contributed by atoms with Crippen LogP contribution in [0.3, 0.4) is 0 Å². The molecule has 78 valence electrons. The number of halogens is 1. The highest BCUT2D eigenvalue weighted by atomic mass is 35.5. The standard InChI is InChI=1S/C8H16N2O2.ClH/c1-3-5-12-8(11)6-7(9)10-4-2;/h3-6H2,1-2H3,(H2,9,10);1H. The highest BCUT2D eigenvalue weighted by molar-refractivity contribution is 5.96. The van der Waals surface area contributed by atoms with Crippen LogP contribution in [0.4, 0.5) is 0 Å². The normalized spacial score (nSPS) is 10.5. The average molecular weight is 209 g/mol. The molecule has 0 aromatic rings. The maximum atomic E-state index is 10.9. The molecule has 0 aliphatic carbocycles. The van der Waals surface area contributed by atoms with Crippen LogP contribution in [-0.2, 0) is 9.53 Å². The lowest BCUT2D eigenvalue weighted by atomic mass is 10.4. The van der Waals surface area contributed by atoms with Crippen molar-refractivity contribution in [1.82, 2.24) is 0 Å². The van der Waals surface area contributed by atoms with Crippen molar-refractivity contribution in [3.8, 4) is 0 Å². The van der Waals surface area contributed by atoms with Gasteiger partial charge in [-0.05, 0) is 13.3 Å². The van der Waals surface area contributed by atoms with E-state index < -0.39 is 0 Å². The Morgan fingerprint density at radius 1 is 1.46 bits per heavy atom. The molecule has 0 fully saturated rings. The van der Waals surface area contributed by atoms with Gasteiger partial charge in [0.25, 0.3) is 0 Å². The Hall–Kier alpha value is -0.770. The molecule has 2 N–H and O–H groups in total. The van der Waals surface area contributed by atoms with Crippen LogP contribution in [0, 0.1) is 0 Å². The molecule has 0 spiro atoms. The Balaban J connectivity index is 0. The SMILES string of the molecule is CCCOC(=O)CC(N)=NCC.Cl. The molecule has 4 nitrogen and oxygen atoms in total. The molecule has 5 heteroatoms. The summed E-state index contributed by atoms with van der Waals surface area (Å²) in [6.07, 6.45) is 0.935. The molecule has 0 aromatic carbocycles. The molecule has 0 aromatic heterocycles. The van der Waals surface area contributed by atoms with E-state index in [2.05, 4.69) is 4.99 Å². The lowest BCUT2D eigenvalue weighted by molar-refractivity contribution is -0.142. The van der Waals surface area contributed by atoms with Gasteiger partial charge in [0.15, 0.2) is 0 Å². The van der Waals surface area contributed by atoms with Gasteiger partial charge in [-0.3, -0.25) is 9.79 Å². The predicted octanol–water partition coefficient (Wildman–Crippen LogP) is 1.13. The monoisotopic (exact) mass is 208 g/mol. The number of rotatable bonds is 5. The molecule has 13 heavy (non-hydrogen) atoms. The minimum atomic E-state index is -0.299. The van der Waals surface area contributed by atoms with Gasteiger partial charge in [0.05, 0.1) is 6.61 Å². The van der Waals surface area contributed by atoms with Crippen LogP contribution >= 0.6 is 12.4 Å². The van der Waals surface area contributed by atoms with Crippen molar-refractivity contribution >= 4 is 24.2 Å². The fourth-order valence-electron chi connectivity index (χ4n) is 0.674. The first-order valence-corrected chi connectivity index (χ1v) is 4.15. The van der Waals surface area contributed by atoms with Crippen molar-refractivity contribution in [3.05, 3.63) is 0 Å². The zero-order chi connectivity index (χ0) is 9.40. The fourth-order valence-corrected chi connectivity index (χ4v) is 0.674. The minimum Gasteiger partial charge on any atom is -0.465 e. The van der Waals surface area contributed by atoms with Crippen LogP contribution < -0.4 is 5.73 Å². The maximum absolute atomic E-state index is 10.9. The topological polar surface area (TPSA) is 64.7 Å². The van der Waals surface area contributed by atoms with E-state index in [1.807, 2.05) is 13.8 Å². The van der Waals surface area contributed by atoms with Crippen molar-refractivity contribution in [1.29, 1.82) is 0 Å². The third-order valence-corrected chi connectivity index (χ3v) is 1.15. The first-order chi connectivity index (χ1) is 5.70. The second-order valence-corrected chi connectivity index (χ2v) is 2.36. The Labute approximate surface area is 85.0 Å². The molecule has 0 saturated heterocycles. The summed E-state index contributed by atoms with van der Waals surface area (Å²) in [6, 6.07) is 0. The van der Waals surface area contributed by atoms with Gasteiger partial charge in [-0.1, -0.05) is 6.92 Å². The molecule has 0 aliphatic heterocycles. The van der Waals surface area contributed by atoms with Crippen LogP contribution in [0.25, 0.3) is 0 Å². The summed E-state index contributed by atoms with van der Waals surface area (Å²) >= 11 is 0. The first-order valence-electron chi connectivity index (χ1n) is 4.15. The third-order valence-electron chi connectivity index (χ3n) is 1.15. The van der Waals surface area contributed by atoms with Crippen LogP contribution in [0.1, 0.15) is 26.7 Å². The van der Waals surface area contributed by atoms with Gasteiger partial charge in [-0.2, -0.15) is 0 Å². The number of nitrogens with zero attached hydrogens (tertiary/aromatic N) is 1. The van der Waals surface area contributed by atoms with E-state index in [0.29, 0.717) is 19.0 Å². The molecule has 0 heterocycles. The number of aliphatic imine (C=N–C) groups is 1.